The van der Waals surface area contributed by atoms with Gasteiger partial charge in [-0.2, -0.15) is 0 Å². The van der Waals surface area contributed by atoms with Crippen molar-refractivity contribution in [2.75, 3.05) is 19.7 Å². The molecule has 1 aromatic rings. The first kappa shape index (κ1) is 14.4. The fraction of sp³-hybridized carbons (Fsp3) is 0.647. The standard InChI is InChI=1S/C17H27NO/c1-4-10-18(11-5-2)15-12-16-14(6-3)8-7-9-17(16)19-13-15/h7-9,15H,4-6,10-13H2,1-3H3/t15-/m0/s1. The van der Waals surface area contributed by atoms with Crippen LogP contribution in [-0.4, -0.2) is 30.6 Å². The average molecular weight is 261 g/mol. The zero-order chi connectivity index (χ0) is 13.7. The molecular weight excluding hydrogens is 234 g/mol. The molecule has 0 radical (unpaired) electrons. The van der Waals surface area contributed by atoms with Gasteiger partial charge in [0.25, 0.3) is 0 Å². The van der Waals surface area contributed by atoms with Gasteiger partial charge in [0.15, 0.2) is 0 Å². The first-order valence-corrected chi connectivity index (χ1v) is 7.77. The smallest absolute Gasteiger partial charge is 0.122 e. The molecule has 0 fully saturated rings. The van der Waals surface area contributed by atoms with Gasteiger partial charge in [-0.1, -0.05) is 32.9 Å². The Balaban J connectivity index is 2.15. The zero-order valence-corrected chi connectivity index (χ0v) is 12.6. The summed E-state index contributed by atoms with van der Waals surface area (Å²) in [5.74, 6) is 1.11. The van der Waals surface area contributed by atoms with Gasteiger partial charge in [0, 0.05) is 6.04 Å². The lowest BCUT2D eigenvalue weighted by Crippen LogP contribution is -2.44. The summed E-state index contributed by atoms with van der Waals surface area (Å²) in [7, 11) is 0. The molecule has 1 aliphatic heterocycles. The maximum Gasteiger partial charge on any atom is 0.122 e. The highest BCUT2D eigenvalue weighted by molar-refractivity contribution is 5.42. The third kappa shape index (κ3) is 3.30. The molecular formula is C17H27NO. The van der Waals surface area contributed by atoms with E-state index >= 15 is 0 Å². The number of ether oxygens (including phenoxy) is 1. The van der Waals surface area contributed by atoms with Crippen molar-refractivity contribution in [1.29, 1.82) is 0 Å². The van der Waals surface area contributed by atoms with Crippen molar-refractivity contribution in [3.63, 3.8) is 0 Å². The van der Waals surface area contributed by atoms with E-state index in [-0.39, 0.29) is 0 Å². The van der Waals surface area contributed by atoms with Crippen molar-refractivity contribution < 1.29 is 4.74 Å². The van der Waals surface area contributed by atoms with Gasteiger partial charge in [-0.05, 0) is 56.0 Å². The van der Waals surface area contributed by atoms with Crippen LogP contribution in [-0.2, 0) is 12.8 Å². The van der Waals surface area contributed by atoms with Crippen LogP contribution in [0.15, 0.2) is 18.2 Å². The number of hydrogen-bond acceptors (Lipinski definition) is 2. The monoisotopic (exact) mass is 261 g/mol. The molecule has 0 N–H and O–H groups in total. The molecule has 2 rings (SSSR count). The minimum Gasteiger partial charge on any atom is -0.492 e. The number of aryl methyl sites for hydroxylation is 1. The molecule has 0 unspecified atom stereocenters. The number of rotatable bonds is 6. The topological polar surface area (TPSA) is 12.5 Å². The van der Waals surface area contributed by atoms with Gasteiger partial charge in [-0.3, -0.25) is 4.90 Å². The predicted molar refractivity (Wildman–Crippen MR) is 81.0 cm³/mol. The van der Waals surface area contributed by atoms with Gasteiger partial charge >= 0.3 is 0 Å². The van der Waals surface area contributed by atoms with Crippen LogP contribution in [0.2, 0.25) is 0 Å². The van der Waals surface area contributed by atoms with E-state index in [1.807, 2.05) is 0 Å². The molecule has 0 saturated heterocycles. The summed E-state index contributed by atoms with van der Waals surface area (Å²) in [5, 5.41) is 0. The van der Waals surface area contributed by atoms with E-state index in [4.69, 9.17) is 4.74 Å². The van der Waals surface area contributed by atoms with E-state index in [0.29, 0.717) is 6.04 Å². The summed E-state index contributed by atoms with van der Waals surface area (Å²) < 4.78 is 6.01. The van der Waals surface area contributed by atoms with Crippen LogP contribution in [0.3, 0.4) is 0 Å². The Bertz CT molecular complexity index is 382. The molecule has 0 aliphatic carbocycles. The van der Waals surface area contributed by atoms with Gasteiger partial charge in [-0.15, -0.1) is 0 Å². The second-order valence-electron chi connectivity index (χ2n) is 5.45. The van der Waals surface area contributed by atoms with Gasteiger partial charge in [-0.25, -0.2) is 0 Å². The van der Waals surface area contributed by atoms with Gasteiger partial charge in [0.1, 0.15) is 12.4 Å². The Kier molecular flexibility index (Phi) is 5.26. The van der Waals surface area contributed by atoms with Crippen molar-refractivity contribution in [3.8, 4) is 5.75 Å². The summed E-state index contributed by atoms with van der Waals surface area (Å²) in [6, 6.07) is 7.04. The molecule has 1 aromatic carbocycles. The van der Waals surface area contributed by atoms with Gasteiger partial charge in [0.05, 0.1) is 0 Å². The second kappa shape index (κ2) is 6.95. The maximum absolute atomic E-state index is 6.01. The lowest BCUT2D eigenvalue weighted by Gasteiger charge is -2.35. The zero-order valence-electron chi connectivity index (χ0n) is 12.6. The first-order chi connectivity index (χ1) is 9.30. The van der Waals surface area contributed by atoms with E-state index in [1.165, 1.54) is 37.1 Å². The third-order valence-corrected chi connectivity index (χ3v) is 4.02. The highest BCUT2D eigenvalue weighted by atomic mass is 16.5. The van der Waals surface area contributed by atoms with E-state index in [1.54, 1.807) is 0 Å². The summed E-state index contributed by atoms with van der Waals surface area (Å²) >= 11 is 0. The van der Waals surface area contributed by atoms with Crippen molar-refractivity contribution in [3.05, 3.63) is 29.3 Å². The van der Waals surface area contributed by atoms with Crippen LogP contribution in [0.25, 0.3) is 0 Å². The fourth-order valence-corrected chi connectivity index (χ4v) is 3.08. The molecule has 0 spiro atoms. The Morgan fingerprint density at radius 3 is 2.53 bits per heavy atom. The molecule has 2 nitrogen and oxygen atoms in total. The van der Waals surface area contributed by atoms with Crippen molar-refractivity contribution in [1.82, 2.24) is 4.90 Å². The molecule has 19 heavy (non-hydrogen) atoms. The van der Waals surface area contributed by atoms with E-state index in [0.717, 1.165) is 25.2 Å². The minimum absolute atomic E-state index is 0.556. The number of benzene rings is 1. The van der Waals surface area contributed by atoms with E-state index in [9.17, 15) is 0 Å². The molecule has 106 valence electrons. The summed E-state index contributed by atoms with van der Waals surface area (Å²) in [4.78, 5) is 2.61. The van der Waals surface area contributed by atoms with Crippen molar-refractivity contribution >= 4 is 0 Å². The van der Waals surface area contributed by atoms with Crippen molar-refractivity contribution in [2.45, 2.75) is 52.5 Å². The van der Waals surface area contributed by atoms with Crippen LogP contribution < -0.4 is 4.74 Å². The molecule has 1 atom stereocenters. The van der Waals surface area contributed by atoms with Crippen LogP contribution in [0.4, 0.5) is 0 Å². The Morgan fingerprint density at radius 1 is 1.16 bits per heavy atom. The second-order valence-corrected chi connectivity index (χ2v) is 5.45. The summed E-state index contributed by atoms with van der Waals surface area (Å²) in [6.07, 6.45) is 4.69. The molecule has 0 bridgehead atoms. The first-order valence-electron chi connectivity index (χ1n) is 7.77. The Labute approximate surface area is 117 Å². The largest absolute Gasteiger partial charge is 0.492 e. The SMILES string of the molecule is CCCN(CCC)[C@@H]1COc2cccc(CC)c2C1. The number of fused-ring (bicyclic) bond motifs is 1. The fourth-order valence-electron chi connectivity index (χ4n) is 3.08. The maximum atomic E-state index is 6.01. The molecule has 0 amide bonds. The molecule has 0 aromatic heterocycles. The molecule has 0 saturated carbocycles. The minimum atomic E-state index is 0.556. The molecule has 1 aliphatic rings. The van der Waals surface area contributed by atoms with E-state index in [2.05, 4.69) is 43.9 Å². The van der Waals surface area contributed by atoms with Crippen molar-refractivity contribution in [2.24, 2.45) is 0 Å². The van der Waals surface area contributed by atoms with Crippen LogP contribution in [0.5, 0.6) is 5.75 Å². The normalized spacial score (nSPS) is 18.2. The summed E-state index contributed by atoms with van der Waals surface area (Å²) in [5.41, 5.74) is 2.90. The third-order valence-electron chi connectivity index (χ3n) is 4.02. The number of hydrogen-bond donors (Lipinski definition) is 0. The van der Waals surface area contributed by atoms with Gasteiger partial charge in [0.2, 0.25) is 0 Å². The highest BCUT2D eigenvalue weighted by Gasteiger charge is 2.25. The Hall–Kier alpha value is -1.02. The van der Waals surface area contributed by atoms with E-state index < -0.39 is 0 Å². The number of nitrogens with zero attached hydrogens (tertiary/aromatic N) is 1. The molecule has 2 heteroatoms. The lowest BCUT2D eigenvalue weighted by molar-refractivity contribution is 0.119. The highest BCUT2D eigenvalue weighted by Crippen LogP contribution is 2.30. The molecule has 1 heterocycles. The lowest BCUT2D eigenvalue weighted by atomic mass is 9.95. The van der Waals surface area contributed by atoms with Crippen LogP contribution in [0.1, 0.15) is 44.7 Å². The predicted octanol–water partition coefficient (Wildman–Crippen LogP) is 3.67. The van der Waals surface area contributed by atoms with Crippen LogP contribution >= 0.6 is 0 Å². The quantitative estimate of drug-likeness (QED) is 0.774. The average Bonchev–Trinajstić information content (AvgIpc) is 2.46. The van der Waals surface area contributed by atoms with Gasteiger partial charge < -0.3 is 4.74 Å². The van der Waals surface area contributed by atoms with Crippen LogP contribution in [0, 0.1) is 0 Å². The Morgan fingerprint density at radius 2 is 1.89 bits per heavy atom. The summed E-state index contributed by atoms with van der Waals surface area (Å²) in [6.45, 7) is 9.97.